The Bertz CT molecular complexity index is 536. The van der Waals surface area contributed by atoms with E-state index in [4.69, 9.17) is 0 Å². The number of nitrogens with zero attached hydrogens (tertiary/aromatic N) is 2. The van der Waals surface area contributed by atoms with Crippen molar-refractivity contribution < 1.29 is 9.59 Å². The molecule has 0 fully saturated rings. The van der Waals surface area contributed by atoms with Gasteiger partial charge in [-0.3, -0.25) is 9.59 Å². The van der Waals surface area contributed by atoms with Crippen LogP contribution in [0.25, 0.3) is 0 Å². The summed E-state index contributed by atoms with van der Waals surface area (Å²) in [5.41, 5.74) is 4.69. The van der Waals surface area contributed by atoms with Gasteiger partial charge in [-0.15, -0.1) is 0 Å². The van der Waals surface area contributed by atoms with Gasteiger partial charge in [0, 0.05) is 12.2 Å². The molecule has 0 atom stereocenters. The molecule has 2 aliphatic heterocycles. The van der Waals surface area contributed by atoms with Crippen LogP contribution >= 0.6 is 0 Å². The molecule has 1 aromatic rings. The van der Waals surface area contributed by atoms with Crippen molar-refractivity contribution in [1.29, 1.82) is 0 Å². The number of fused-ring (bicyclic) bond motifs is 1. The van der Waals surface area contributed by atoms with Gasteiger partial charge in [-0.05, 0) is 18.1 Å². The number of anilines is 1. The molecule has 17 heavy (non-hydrogen) atoms. The van der Waals surface area contributed by atoms with Crippen LogP contribution in [0.15, 0.2) is 29.4 Å². The third-order valence-corrected chi connectivity index (χ3v) is 3.02. The number of carbonyl (C=O) groups excluding carboxylic acids is 2. The van der Waals surface area contributed by atoms with Crippen LogP contribution in [0.1, 0.15) is 12.0 Å². The van der Waals surface area contributed by atoms with Crippen molar-refractivity contribution in [1.82, 2.24) is 5.43 Å². The minimum absolute atomic E-state index is 0.0809. The average molecular weight is 229 g/mol. The summed E-state index contributed by atoms with van der Waals surface area (Å²) in [4.78, 5) is 24.9. The molecule has 5 heteroatoms. The Labute approximate surface area is 98.1 Å². The van der Waals surface area contributed by atoms with E-state index in [-0.39, 0.29) is 18.2 Å². The second kappa shape index (κ2) is 3.69. The first-order valence-corrected chi connectivity index (χ1v) is 5.51. The zero-order valence-corrected chi connectivity index (χ0v) is 9.14. The topological polar surface area (TPSA) is 61.8 Å². The molecule has 0 spiro atoms. The molecule has 3 rings (SSSR count). The number of rotatable bonds is 1. The number of benzene rings is 1. The lowest BCUT2D eigenvalue weighted by molar-refractivity contribution is -0.119. The van der Waals surface area contributed by atoms with E-state index in [1.54, 1.807) is 4.90 Å². The van der Waals surface area contributed by atoms with Crippen molar-refractivity contribution in [2.75, 3.05) is 11.4 Å². The molecule has 0 bridgehead atoms. The van der Waals surface area contributed by atoms with Gasteiger partial charge in [0.05, 0.1) is 6.42 Å². The summed E-state index contributed by atoms with van der Waals surface area (Å²) in [7, 11) is 0. The lowest BCUT2D eigenvalue weighted by Crippen LogP contribution is -2.34. The third-order valence-electron chi connectivity index (χ3n) is 3.02. The molecular formula is C12H11N3O2. The molecule has 0 radical (unpaired) electrons. The van der Waals surface area contributed by atoms with Gasteiger partial charge in [0.2, 0.25) is 5.91 Å². The lowest BCUT2D eigenvalue weighted by atomic mass is 10.2. The smallest absolute Gasteiger partial charge is 0.275 e. The van der Waals surface area contributed by atoms with Crippen LogP contribution in [-0.4, -0.2) is 24.1 Å². The Hall–Kier alpha value is -2.17. The van der Waals surface area contributed by atoms with Crippen LogP contribution in [0.2, 0.25) is 0 Å². The van der Waals surface area contributed by atoms with Gasteiger partial charge in [0.15, 0.2) is 0 Å². The number of carbonyl (C=O) groups is 2. The summed E-state index contributed by atoms with van der Waals surface area (Å²) >= 11 is 0. The highest BCUT2D eigenvalue weighted by atomic mass is 16.2. The highest BCUT2D eigenvalue weighted by Gasteiger charge is 2.30. The number of para-hydroxylation sites is 1. The van der Waals surface area contributed by atoms with E-state index < -0.39 is 0 Å². The van der Waals surface area contributed by atoms with Crippen molar-refractivity contribution in [2.24, 2.45) is 5.10 Å². The van der Waals surface area contributed by atoms with Gasteiger partial charge in [-0.25, -0.2) is 5.43 Å². The fraction of sp³-hybridized carbons (Fsp3) is 0.250. The summed E-state index contributed by atoms with van der Waals surface area (Å²) in [6.07, 6.45) is 0.939. The lowest BCUT2D eigenvalue weighted by Gasteiger charge is -2.16. The van der Waals surface area contributed by atoms with Crippen molar-refractivity contribution in [3.8, 4) is 0 Å². The second-order valence-corrected chi connectivity index (χ2v) is 4.11. The van der Waals surface area contributed by atoms with Gasteiger partial charge in [-0.1, -0.05) is 18.2 Å². The monoisotopic (exact) mass is 229 g/mol. The number of amides is 2. The van der Waals surface area contributed by atoms with E-state index in [1.165, 1.54) is 5.56 Å². The van der Waals surface area contributed by atoms with Gasteiger partial charge >= 0.3 is 0 Å². The van der Waals surface area contributed by atoms with Crippen molar-refractivity contribution in [3.63, 3.8) is 0 Å². The maximum Gasteiger partial charge on any atom is 0.275 e. The van der Waals surface area contributed by atoms with Crippen molar-refractivity contribution >= 4 is 23.2 Å². The zero-order valence-electron chi connectivity index (χ0n) is 9.14. The summed E-state index contributed by atoms with van der Waals surface area (Å²) < 4.78 is 0. The molecule has 1 N–H and O–H groups in total. The van der Waals surface area contributed by atoms with Gasteiger partial charge in [0.1, 0.15) is 5.71 Å². The molecule has 2 aliphatic rings. The molecule has 0 aliphatic carbocycles. The largest absolute Gasteiger partial charge is 0.307 e. The second-order valence-electron chi connectivity index (χ2n) is 4.11. The average Bonchev–Trinajstić information content (AvgIpc) is 2.94. The summed E-state index contributed by atoms with van der Waals surface area (Å²) in [6.45, 7) is 0.658. The van der Waals surface area contributed by atoms with Crippen LogP contribution in [0.4, 0.5) is 5.69 Å². The van der Waals surface area contributed by atoms with Crippen LogP contribution in [-0.2, 0) is 16.0 Å². The minimum atomic E-state index is -0.221. The summed E-state index contributed by atoms with van der Waals surface area (Å²) in [6, 6.07) is 7.81. The summed E-state index contributed by atoms with van der Waals surface area (Å²) in [5.74, 6) is -0.394. The van der Waals surface area contributed by atoms with E-state index in [9.17, 15) is 9.59 Å². The Morgan fingerprint density at radius 2 is 2.18 bits per heavy atom. The predicted octanol–water partition coefficient (Wildman–Crippen LogP) is 0.452. The Morgan fingerprint density at radius 1 is 1.35 bits per heavy atom. The fourth-order valence-electron chi connectivity index (χ4n) is 2.19. The highest BCUT2D eigenvalue weighted by Crippen LogP contribution is 2.27. The van der Waals surface area contributed by atoms with Crippen LogP contribution < -0.4 is 10.3 Å². The molecular weight excluding hydrogens is 218 g/mol. The minimum Gasteiger partial charge on any atom is -0.307 e. The molecule has 2 heterocycles. The SMILES string of the molecule is O=C1CC(C(=O)N2CCc3ccccc32)=NN1. The Morgan fingerprint density at radius 3 is 2.94 bits per heavy atom. The van der Waals surface area contributed by atoms with Gasteiger partial charge in [-0.2, -0.15) is 5.10 Å². The van der Waals surface area contributed by atoms with Crippen molar-refractivity contribution in [3.05, 3.63) is 29.8 Å². The third kappa shape index (κ3) is 1.60. The van der Waals surface area contributed by atoms with Crippen LogP contribution in [0.3, 0.4) is 0 Å². The Balaban J connectivity index is 1.88. The van der Waals surface area contributed by atoms with Crippen LogP contribution in [0, 0.1) is 0 Å². The molecule has 0 aromatic heterocycles. The molecule has 5 nitrogen and oxygen atoms in total. The first-order chi connectivity index (χ1) is 8.25. The molecule has 2 amide bonds. The number of hydrazone groups is 1. The predicted molar refractivity (Wildman–Crippen MR) is 62.7 cm³/mol. The molecule has 0 saturated carbocycles. The van der Waals surface area contributed by atoms with E-state index in [0.717, 1.165) is 12.1 Å². The molecule has 0 saturated heterocycles. The maximum atomic E-state index is 12.2. The van der Waals surface area contributed by atoms with E-state index in [0.29, 0.717) is 12.3 Å². The fourth-order valence-corrected chi connectivity index (χ4v) is 2.19. The van der Waals surface area contributed by atoms with Crippen molar-refractivity contribution in [2.45, 2.75) is 12.8 Å². The standard InChI is InChI=1S/C12H11N3O2/c16-11-7-9(13-14-11)12(17)15-6-5-8-3-1-2-4-10(8)15/h1-4H,5-7H2,(H,14,16). The van der Waals surface area contributed by atoms with Crippen LogP contribution in [0.5, 0.6) is 0 Å². The Kier molecular flexibility index (Phi) is 2.18. The molecule has 0 unspecified atom stereocenters. The first-order valence-electron chi connectivity index (χ1n) is 5.51. The molecule has 86 valence electrons. The number of hydrogen-bond donors (Lipinski definition) is 1. The van der Waals surface area contributed by atoms with Gasteiger partial charge in [0.25, 0.3) is 5.91 Å². The van der Waals surface area contributed by atoms with E-state index >= 15 is 0 Å². The quantitative estimate of drug-likeness (QED) is 0.760. The zero-order chi connectivity index (χ0) is 11.8. The molecule has 1 aromatic carbocycles. The number of nitrogens with one attached hydrogen (secondary N) is 1. The van der Waals surface area contributed by atoms with E-state index in [1.807, 2.05) is 24.3 Å². The van der Waals surface area contributed by atoms with E-state index in [2.05, 4.69) is 10.5 Å². The summed E-state index contributed by atoms with van der Waals surface area (Å²) in [5, 5.41) is 3.76. The van der Waals surface area contributed by atoms with Gasteiger partial charge < -0.3 is 4.90 Å². The maximum absolute atomic E-state index is 12.2. The first kappa shape index (κ1) is 10.0. The normalized spacial score (nSPS) is 17.8. The highest BCUT2D eigenvalue weighted by molar-refractivity contribution is 6.47. The number of hydrogen-bond acceptors (Lipinski definition) is 3.